The smallest absolute Gasteiger partial charge is 0.268 e. The van der Waals surface area contributed by atoms with Gasteiger partial charge in [0.15, 0.2) is 0 Å². The van der Waals surface area contributed by atoms with Crippen LogP contribution in [0.4, 0.5) is 0 Å². The molecule has 63 heavy (non-hydrogen) atoms. The van der Waals surface area contributed by atoms with Crippen LogP contribution in [0.15, 0.2) is 195 Å². The summed E-state index contributed by atoms with van der Waals surface area (Å²) in [5.74, 6) is 2.35. The van der Waals surface area contributed by atoms with Crippen LogP contribution in [-0.2, 0) is 10.8 Å². The molecule has 3 heterocycles. The van der Waals surface area contributed by atoms with Crippen LogP contribution in [0.3, 0.4) is 0 Å². The minimum absolute atomic E-state index is 0.0181. The van der Waals surface area contributed by atoms with Gasteiger partial charge < -0.3 is 4.74 Å². The fourth-order valence-corrected chi connectivity index (χ4v) is 8.85. The van der Waals surface area contributed by atoms with Gasteiger partial charge in [0.05, 0.1) is 22.4 Å². The van der Waals surface area contributed by atoms with Crippen LogP contribution in [0.25, 0.3) is 72.4 Å². The summed E-state index contributed by atoms with van der Waals surface area (Å²) in [7, 11) is 0. The molecule has 0 atom stereocenters. The molecule has 0 aliphatic rings. The molecule has 0 fully saturated rings. The van der Waals surface area contributed by atoms with Gasteiger partial charge >= 0.3 is 0 Å². The molecule has 0 aliphatic heterocycles. The van der Waals surface area contributed by atoms with Gasteiger partial charge in [-0.05, 0) is 116 Å². The lowest BCUT2D eigenvalue weighted by atomic mass is 9.77. The molecule has 0 N–H and O–H groups in total. The topological polar surface area (TPSA) is 35.9 Å². The van der Waals surface area contributed by atoms with Gasteiger partial charge in [-0.25, -0.2) is 4.98 Å². The van der Waals surface area contributed by atoms with Crippen LogP contribution >= 0.6 is 0 Å². The zero-order valence-electron chi connectivity index (χ0n) is 36.7. The minimum Gasteiger partial charge on any atom is -0.458 e. The van der Waals surface area contributed by atoms with Gasteiger partial charge in [-0.1, -0.05) is 151 Å². The maximum Gasteiger partial charge on any atom is 0.268 e. The van der Waals surface area contributed by atoms with E-state index in [0.717, 1.165) is 56.2 Å². The van der Waals surface area contributed by atoms with E-state index in [0.29, 0.717) is 0 Å². The minimum atomic E-state index is -0.112. The van der Waals surface area contributed by atoms with Crippen LogP contribution < -0.4 is 9.30 Å². The molecule has 7 aromatic carbocycles. The van der Waals surface area contributed by atoms with Crippen molar-refractivity contribution in [3.8, 4) is 62.1 Å². The molecule has 0 saturated carbocycles. The van der Waals surface area contributed by atoms with Crippen LogP contribution in [0.2, 0.25) is 0 Å². The van der Waals surface area contributed by atoms with E-state index in [1.807, 2.05) is 12.3 Å². The van der Waals surface area contributed by atoms with Crippen LogP contribution in [-0.4, -0.2) is 14.1 Å². The summed E-state index contributed by atoms with van der Waals surface area (Å²) >= 11 is 0. The number of pyridine rings is 1. The number of aromatic nitrogens is 4. The number of para-hydroxylation sites is 1. The lowest BCUT2D eigenvalue weighted by molar-refractivity contribution is -0.599. The molecule has 0 saturated heterocycles. The van der Waals surface area contributed by atoms with E-state index in [4.69, 9.17) is 9.72 Å². The van der Waals surface area contributed by atoms with E-state index in [-0.39, 0.29) is 10.8 Å². The summed E-state index contributed by atoms with van der Waals surface area (Å²) in [6.45, 7) is 13.6. The van der Waals surface area contributed by atoms with Crippen molar-refractivity contribution in [2.45, 2.75) is 52.4 Å². The van der Waals surface area contributed by atoms with Gasteiger partial charge in [-0.15, -0.1) is 0 Å². The third kappa shape index (κ3) is 7.72. The van der Waals surface area contributed by atoms with Gasteiger partial charge in [0.1, 0.15) is 17.3 Å². The number of imidazole rings is 1. The Labute approximate surface area is 370 Å². The van der Waals surface area contributed by atoms with Gasteiger partial charge in [0, 0.05) is 35.4 Å². The summed E-state index contributed by atoms with van der Waals surface area (Å²) < 4.78 is 13.3. The lowest BCUT2D eigenvalue weighted by Gasteiger charge is -2.28. The molecule has 3 aromatic heterocycles. The first kappa shape index (κ1) is 39.6. The number of fused-ring (bicyclic) bond motifs is 3. The maximum atomic E-state index is 6.87. The number of nitrogens with zero attached hydrogens (tertiary/aromatic N) is 4. The van der Waals surface area contributed by atoms with E-state index >= 15 is 0 Å². The first-order valence-electron chi connectivity index (χ1n) is 21.7. The highest BCUT2D eigenvalue weighted by molar-refractivity contribution is 6.09. The Morgan fingerprint density at radius 1 is 0.524 bits per heavy atom. The first-order valence-corrected chi connectivity index (χ1v) is 21.7. The molecule has 308 valence electrons. The van der Waals surface area contributed by atoms with Gasteiger partial charge in [0.25, 0.3) is 6.33 Å². The van der Waals surface area contributed by atoms with E-state index in [2.05, 4.69) is 244 Å². The molecule has 5 nitrogen and oxygen atoms in total. The Balaban J connectivity index is 1.08. The quantitative estimate of drug-likeness (QED) is 0.113. The van der Waals surface area contributed by atoms with Crippen molar-refractivity contribution in [3.05, 3.63) is 212 Å². The van der Waals surface area contributed by atoms with Crippen LogP contribution in [0.5, 0.6) is 11.5 Å². The predicted molar refractivity (Wildman–Crippen MR) is 258 cm³/mol. The number of benzene rings is 7. The monoisotopic (exact) mass is 818 g/mol. The predicted octanol–water partition coefficient (Wildman–Crippen LogP) is 14.4. The molecule has 0 radical (unpaired) electrons. The molecule has 0 spiro atoms. The average molecular weight is 819 g/mol. The first-order chi connectivity index (χ1) is 30.5. The van der Waals surface area contributed by atoms with Crippen molar-refractivity contribution in [1.29, 1.82) is 0 Å². The second kappa shape index (κ2) is 15.8. The van der Waals surface area contributed by atoms with E-state index in [9.17, 15) is 0 Å². The molecule has 10 aromatic rings. The van der Waals surface area contributed by atoms with Crippen LogP contribution in [0.1, 0.15) is 52.7 Å². The van der Waals surface area contributed by atoms with Gasteiger partial charge in [-0.2, -0.15) is 0 Å². The van der Waals surface area contributed by atoms with Gasteiger partial charge in [-0.3, -0.25) is 13.7 Å². The molecular weight excluding hydrogens is 769 g/mol. The molecule has 0 bridgehead atoms. The summed E-state index contributed by atoms with van der Waals surface area (Å²) in [4.78, 5) is 4.89. The Bertz CT molecular complexity index is 3200. The molecule has 0 unspecified atom stereocenters. The largest absolute Gasteiger partial charge is 0.458 e. The highest BCUT2D eigenvalue weighted by atomic mass is 16.5. The summed E-state index contributed by atoms with van der Waals surface area (Å²) in [6.07, 6.45) is 9.75. The molecule has 0 aliphatic carbocycles. The standard InChI is InChI=1S/C58H50N4O/c1-57(2,3)44-28-29-59-55(34-44)62-53-25-17-16-24-49(53)50-27-26-47(38-54(50)62)63-48-33-43(40-18-10-7-11-19-40)32-45(35-48)60-30-31-61(39-60)46-36-51(41-20-12-8-13-21-41)56(58(4,5)6)52(37-46)42-22-14-9-15-23-42/h7-38H,1-6H3. The zero-order chi connectivity index (χ0) is 43.3. The van der Waals surface area contributed by atoms with E-state index < -0.39 is 0 Å². The number of ether oxygens (including phenoxy) is 1. The molecule has 5 heteroatoms. The normalized spacial score (nSPS) is 12.0. The highest BCUT2D eigenvalue weighted by Crippen LogP contribution is 2.42. The molecule has 0 amide bonds. The number of hydrogen-bond acceptors (Lipinski definition) is 2. The van der Waals surface area contributed by atoms with E-state index in [1.54, 1.807) is 0 Å². The zero-order valence-corrected chi connectivity index (χ0v) is 36.7. The van der Waals surface area contributed by atoms with Crippen molar-refractivity contribution in [1.82, 2.24) is 14.1 Å². The average Bonchev–Trinajstić information content (AvgIpc) is 3.93. The fraction of sp³-hybridized carbons (Fsp3) is 0.138. The SMILES string of the molecule is CC(C)(C)c1ccnc(-n2c3ccccc3c3ccc(Oc4cc(-c5ccccc5)cc(-n5[c-][n+](-c6cc(-c7ccccc7)c(C(C)(C)C)c(-c7ccccc7)c6)cc5)c4)cc32)c1. The second-order valence-corrected chi connectivity index (χ2v) is 18.4. The van der Waals surface area contributed by atoms with Crippen LogP contribution in [0, 0.1) is 6.33 Å². The summed E-state index contributed by atoms with van der Waals surface area (Å²) in [5, 5.41) is 2.32. The van der Waals surface area contributed by atoms with E-state index in [1.165, 1.54) is 38.8 Å². The number of rotatable bonds is 8. The molecular formula is C58H50N4O. The molecule has 10 rings (SSSR count). The third-order valence-corrected chi connectivity index (χ3v) is 11.9. The Kier molecular flexibility index (Phi) is 9.91. The Morgan fingerprint density at radius 3 is 1.79 bits per heavy atom. The van der Waals surface area contributed by atoms with Gasteiger partial charge in [0.2, 0.25) is 0 Å². The Hall–Kier alpha value is -7.50. The fourth-order valence-electron chi connectivity index (χ4n) is 8.85. The highest BCUT2D eigenvalue weighted by Gasteiger charge is 2.25. The summed E-state index contributed by atoms with van der Waals surface area (Å²) in [5.41, 5.74) is 13.5. The van der Waals surface area contributed by atoms with Crippen molar-refractivity contribution in [2.24, 2.45) is 0 Å². The Morgan fingerprint density at radius 2 is 1.14 bits per heavy atom. The lowest BCUT2D eigenvalue weighted by Crippen LogP contribution is -2.29. The van der Waals surface area contributed by atoms with Crippen molar-refractivity contribution in [3.63, 3.8) is 0 Å². The van der Waals surface area contributed by atoms with Crippen molar-refractivity contribution < 1.29 is 9.30 Å². The van der Waals surface area contributed by atoms with Crippen molar-refractivity contribution in [2.75, 3.05) is 0 Å². The summed E-state index contributed by atoms with van der Waals surface area (Å²) in [6, 6.07) is 62.2. The number of hydrogen-bond donors (Lipinski definition) is 0. The second-order valence-electron chi connectivity index (χ2n) is 18.4. The maximum absolute atomic E-state index is 6.87. The van der Waals surface area contributed by atoms with Crippen molar-refractivity contribution >= 4 is 21.8 Å². The third-order valence-electron chi connectivity index (χ3n) is 11.9.